The predicted octanol–water partition coefficient (Wildman–Crippen LogP) is 3.84. The van der Waals surface area contributed by atoms with E-state index in [1.54, 1.807) is 18.3 Å². The molecule has 3 rings (SSSR count). The van der Waals surface area contributed by atoms with Crippen LogP contribution in [-0.4, -0.2) is 28.2 Å². The van der Waals surface area contributed by atoms with E-state index in [1.165, 1.54) is 12.1 Å². The summed E-state index contributed by atoms with van der Waals surface area (Å²) in [6, 6.07) is 6.23. The van der Waals surface area contributed by atoms with Crippen molar-refractivity contribution in [2.75, 3.05) is 0 Å². The van der Waals surface area contributed by atoms with Crippen molar-refractivity contribution in [3.05, 3.63) is 41.8 Å². The lowest BCUT2D eigenvalue weighted by Crippen LogP contribution is -2.62. The van der Waals surface area contributed by atoms with E-state index in [9.17, 15) is 9.18 Å². The van der Waals surface area contributed by atoms with Gasteiger partial charge in [-0.05, 0) is 71.2 Å². The van der Waals surface area contributed by atoms with Gasteiger partial charge in [-0.1, -0.05) is 5.16 Å². The van der Waals surface area contributed by atoms with Crippen LogP contribution in [0.15, 0.2) is 35.0 Å². The number of rotatable bonds is 5. The second-order valence-corrected chi connectivity index (χ2v) is 8.75. The molecule has 0 bridgehead atoms. The third-order valence-electron chi connectivity index (χ3n) is 4.93. The van der Waals surface area contributed by atoms with Gasteiger partial charge in [0.15, 0.2) is 5.76 Å². The molecule has 5 nitrogen and oxygen atoms in total. The number of aromatic nitrogens is 1. The van der Waals surface area contributed by atoms with Crippen LogP contribution in [0.1, 0.15) is 52.5 Å². The third-order valence-corrected chi connectivity index (χ3v) is 4.93. The molecule has 0 aliphatic carbocycles. The van der Waals surface area contributed by atoms with Gasteiger partial charge in [0.05, 0.1) is 6.20 Å². The Balaban J connectivity index is 1.59. The lowest BCUT2D eigenvalue weighted by molar-refractivity contribution is -0.122. The molecule has 1 amide bonds. The fraction of sp³-hybridized carbons (Fsp3) is 0.524. The van der Waals surface area contributed by atoms with Crippen molar-refractivity contribution in [1.82, 2.24) is 15.8 Å². The predicted molar refractivity (Wildman–Crippen MR) is 103 cm³/mol. The fourth-order valence-electron chi connectivity index (χ4n) is 4.25. The smallest absolute Gasteiger partial charge is 0.220 e. The Morgan fingerprint density at radius 2 is 1.85 bits per heavy atom. The van der Waals surface area contributed by atoms with Gasteiger partial charge in [0.2, 0.25) is 5.91 Å². The molecule has 1 saturated heterocycles. The lowest BCUT2D eigenvalue weighted by atomic mass is 9.79. The molecule has 0 saturated carbocycles. The molecular weight excluding hydrogens is 345 g/mol. The van der Waals surface area contributed by atoms with Crippen LogP contribution in [0.3, 0.4) is 0 Å². The first-order valence-electron chi connectivity index (χ1n) is 9.42. The van der Waals surface area contributed by atoms with E-state index in [2.05, 4.69) is 43.5 Å². The van der Waals surface area contributed by atoms with E-state index >= 15 is 0 Å². The molecule has 1 fully saturated rings. The molecule has 2 aromatic rings. The Bertz CT molecular complexity index is 780. The standard InChI is InChI=1S/C21H28FN3O2/c1-20(2)11-17(12-21(3,4)25-20)24-18(26)10-7-15-13-23-27-19(15)14-5-8-16(22)9-6-14/h5-6,8-9,13,17,25H,7,10-12H2,1-4H3,(H,24,26). The SMILES string of the molecule is CC1(C)CC(NC(=O)CCc2cnoc2-c2ccc(F)cc2)CC(C)(C)N1. The zero-order valence-corrected chi connectivity index (χ0v) is 16.4. The van der Waals surface area contributed by atoms with E-state index < -0.39 is 0 Å². The van der Waals surface area contributed by atoms with Gasteiger partial charge < -0.3 is 15.2 Å². The van der Waals surface area contributed by atoms with Crippen molar-refractivity contribution in [1.29, 1.82) is 0 Å². The zero-order chi connectivity index (χ0) is 19.7. The molecule has 146 valence electrons. The first-order chi connectivity index (χ1) is 12.6. The molecule has 1 aliphatic heterocycles. The number of halogens is 1. The van der Waals surface area contributed by atoms with Crippen LogP contribution < -0.4 is 10.6 Å². The minimum Gasteiger partial charge on any atom is -0.356 e. The van der Waals surface area contributed by atoms with Crippen molar-refractivity contribution in [2.45, 2.75) is 70.5 Å². The summed E-state index contributed by atoms with van der Waals surface area (Å²) in [5, 5.41) is 10.6. The summed E-state index contributed by atoms with van der Waals surface area (Å²) < 4.78 is 18.4. The van der Waals surface area contributed by atoms with Gasteiger partial charge in [0, 0.05) is 34.7 Å². The molecule has 1 aromatic carbocycles. The lowest BCUT2D eigenvalue weighted by Gasteiger charge is -2.46. The second kappa shape index (κ2) is 7.43. The normalized spacial score (nSPS) is 19.0. The van der Waals surface area contributed by atoms with Crippen molar-refractivity contribution < 1.29 is 13.7 Å². The molecule has 0 spiro atoms. The van der Waals surface area contributed by atoms with Gasteiger partial charge in [0.25, 0.3) is 0 Å². The number of benzene rings is 1. The number of amides is 1. The molecule has 0 radical (unpaired) electrons. The number of hydrogen-bond acceptors (Lipinski definition) is 4. The molecule has 0 atom stereocenters. The van der Waals surface area contributed by atoms with Crippen molar-refractivity contribution >= 4 is 5.91 Å². The Hall–Kier alpha value is -2.21. The molecule has 1 aromatic heterocycles. The van der Waals surface area contributed by atoms with Gasteiger partial charge in [-0.15, -0.1) is 0 Å². The van der Waals surface area contributed by atoms with Crippen LogP contribution in [0.4, 0.5) is 4.39 Å². The average Bonchev–Trinajstić information content (AvgIpc) is 2.99. The van der Waals surface area contributed by atoms with E-state index in [-0.39, 0.29) is 28.8 Å². The number of nitrogens with zero attached hydrogens (tertiary/aromatic N) is 1. The third kappa shape index (κ3) is 5.16. The molecular formula is C21H28FN3O2. The van der Waals surface area contributed by atoms with Crippen molar-refractivity contribution in [3.8, 4) is 11.3 Å². The first-order valence-corrected chi connectivity index (χ1v) is 9.42. The summed E-state index contributed by atoms with van der Waals surface area (Å²) in [4.78, 5) is 12.5. The topological polar surface area (TPSA) is 67.2 Å². The largest absolute Gasteiger partial charge is 0.356 e. The molecule has 27 heavy (non-hydrogen) atoms. The highest BCUT2D eigenvalue weighted by atomic mass is 19.1. The van der Waals surface area contributed by atoms with Crippen LogP contribution >= 0.6 is 0 Å². The molecule has 1 aliphatic rings. The van der Waals surface area contributed by atoms with E-state index in [0.717, 1.165) is 24.0 Å². The summed E-state index contributed by atoms with van der Waals surface area (Å²) >= 11 is 0. The minimum absolute atomic E-state index is 0.00999. The number of carbonyl (C=O) groups excluding carboxylic acids is 1. The number of aryl methyl sites for hydroxylation is 1. The maximum absolute atomic E-state index is 13.1. The van der Waals surface area contributed by atoms with Gasteiger partial charge in [-0.3, -0.25) is 4.79 Å². The maximum Gasteiger partial charge on any atom is 0.220 e. The fourth-order valence-corrected chi connectivity index (χ4v) is 4.25. The van der Waals surface area contributed by atoms with Crippen molar-refractivity contribution in [3.63, 3.8) is 0 Å². The Labute approximate surface area is 159 Å². The highest BCUT2D eigenvalue weighted by Crippen LogP contribution is 2.29. The van der Waals surface area contributed by atoms with Crippen LogP contribution in [0.2, 0.25) is 0 Å². The van der Waals surface area contributed by atoms with E-state index in [1.807, 2.05) is 0 Å². The summed E-state index contributed by atoms with van der Waals surface area (Å²) in [7, 11) is 0. The highest BCUT2D eigenvalue weighted by Gasteiger charge is 2.38. The maximum atomic E-state index is 13.1. The summed E-state index contributed by atoms with van der Waals surface area (Å²) in [5.41, 5.74) is 1.59. The summed E-state index contributed by atoms with van der Waals surface area (Å²) in [6.45, 7) is 8.66. The number of piperidine rings is 1. The first kappa shape index (κ1) is 19.5. The van der Waals surface area contributed by atoms with Crippen LogP contribution in [0.25, 0.3) is 11.3 Å². The van der Waals surface area contributed by atoms with Crippen LogP contribution in [-0.2, 0) is 11.2 Å². The van der Waals surface area contributed by atoms with Crippen molar-refractivity contribution in [2.24, 2.45) is 0 Å². The Morgan fingerprint density at radius 1 is 1.22 bits per heavy atom. The van der Waals surface area contributed by atoms with Crippen LogP contribution in [0, 0.1) is 5.82 Å². The summed E-state index contributed by atoms with van der Waals surface area (Å²) in [6.07, 6.45) is 4.31. The number of nitrogens with one attached hydrogen (secondary N) is 2. The quantitative estimate of drug-likeness (QED) is 0.836. The van der Waals surface area contributed by atoms with E-state index in [4.69, 9.17) is 4.52 Å². The Kier molecular flexibility index (Phi) is 5.38. The number of hydrogen-bond donors (Lipinski definition) is 2. The second-order valence-electron chi connectivity index (χ2n) is 8.75. The van der Waals surface area contributed by atoms with E-state index in [0.29, 0.717) is 18.6 Å². The molecule has 2 N–H and O–H groups in total. The molecule has 0 unspecified atom stereocenters. The highest BCUT2D eigenvalue weighted by molar-refractivity contribution is 5.77. The minimum atomic E-state index is -0.299. The monoisotopic (exact) mass is 373 g/mol. The van der Waals surface area contributed by atoms with Gasteiger partial charge in [-0.25, -0.2) is 4.39 Å². The Morgan fingerprint density at radius 3 is 2.48 bits per heavy atom. The van der Waals surface area contributed by atoms with Gasteiger partial charge >= 0.3 is 0 Å². The zero-order valence-electron chi connectivity index (χ0n) is 16.4. The van der Waals surface area contributed by atoms with Gasteiger partial charge in [-0.2, -0.15) is 0 Å². The van der Waals surface area contributed by atoms with Crippen LogP contribution in [0.5, 0.6) is 0 Å². The molecule has 6 heteroatoms. The molecule has 2 heterocycles. The number of carbonyl (C=O) groups is 1. The average molecular weight is 373 g/mol. The van der Waals surface area contributed by atoms with Gasteiger partial charge in [0.1, 0.15) is 5.82 Å². The summed E-state index contributed by atoms with van der Waals surface area (Å²) in [5.74, 6) is 0.318.